The molecule has 1 aromatic heterocycles. The minimum Gasteiger partial charge on any atom is -0.391 e. The van der Waals surface area contributed by atoms with E-state index in [2.05, 4.69) is 20.9 Å². The second-order valence-electron chi connectivity index (χ2n) is 4.97. The monoisotopic (exact) mass is 327 g/mol. The highest BCUT2D eigenvalue weighted by Crippen LogP contribution is 2.23. The van der Waals surface area contributed by atoms with Crippen molar-refractivity contribution in [2.75, 3.05) is 32.1 Å². The van der Waals surface area contributed by atoms with Gasteiger partial charge in [0.05, 0.1) is 11.7 Å². The van der Waals surface area contributed by atoms with Crippen LogP contribution < -0.4 is 4.90 Å². The minimum atomic E-state index is -0.416. The molecule has 1 amide bonds. The number of aliphatic hydroxyl groups is 1. The van der Waals surface area contributed by atoms with Gasteiger partial charge in [0.15, 0.2) is 0 Å². The summed E-state index contributed by atoms with van der Waals surface area (Å²) in [6, 6.07) is 1.78. The van der Waals surface area contributed by atoms with E-state index in [0.717, 1.165) is 17.3 Å². The van der Waals surface area contributed by atoms with Crippen LogP contribution in [0.2, 0.25) is 0 Å². The fourth-order valence-corrected chi connectivity index (χ4v) is 2.59. The summed E-state index contributed by atoms with van der Waals surface area (Å²) in [5, 5.41) is 9.68. The summed E-state index contributed by atoms with van der Waals surface area (Å²) >= 11 is 3.35. The number of piperidine rings is 1. The molecule has 0 aromatic carbocycles. The van der Waals surface area contributed by atoms with Crippen molar-refractivity contribution >= 4 is 27.7 Å². The zero-order valence-corrected chi connectivity index (χ0v) is 12.7. The maximum Gasteiger partial charge on any atom is 0.257 e. The van der Waals surface area contributed by atoms with Gasteiger partial charge in [0.2, 0.25) is 0 Å². The van der Waals surface area contributed by atoms with Gasteiger partial charge in [0.1, 0.15) is 5.82 Å². The van der Waals surface area contributed by atoms with Crippen LogP contribution in [0, 0.1) is 0 Å². The van der Waals surface area contributed by atoms with Crippen LogP contribution in [0.3, 0.4) is 0 Å². The lowest BCUT2D eigenvalue weighted by molar-refractivity contribution is 0.0474. The summed E-state index contributed by atoms with van der Waals surface area (Å²) in [5.41, 5.74) is 0.563. The highest BCUT2D eigenvalue weighted by molar-refractivity contribution is 9.10. The third kappa shape index (κ3) is 3.25. The Hall–Kier alpha value is -1.14. The minimum absolute atomic E-state index is 0.0729. The fourth-order valence-electron chi connectivity index (χ4n) is 2.26. The number of amides is 1. The Morgan fingerprint density at radius 1 is 1.58 bits per heavy atom. The number of pyridine rings is 1. The Morgan fingerprint density at radius 3 is 2.95 bits per heavy atom. The molecule has 0 aliphatic carbocycles. The number of nitrogens with zero attached hydrogens (tertiary/aromatic N) is 3. The number of carbonyl (C=O) groups excluding carboxylic acids is 1. The molecule has 1 unspecified atom stereocenters. The lowest BCUT2D eigenvalue weighted by Crippen LogP contribution is -2.42. The molecule has 1 aliphatic heterocycles. The number of hydrogen-bond donors (Lipinski definition) is 1. The number of likely N-dealkylation sites (tertiary alicyclic amines) is 1. The van der Waals surface area contributed by atoms with Crippen LogP contribution in [0.1, 0.15) is 23.2 Å². The molecular weight excluding hydrogens is 310 g/mol. The molecule has 0 radical (unpaired) electrons. The second kappa shape index (κ2) is 5.88. The molecule has 1 fully saturated rings. The van der Waals surface area contributed by atoms with Gasteiger partial charge in [-0.1, -0.05) is 0 Å². The molecule has 0 bridgehead atoms. The Bertz CT molecular complexity index is 479. The first-order valence-electron chi connectivity index (χ1n) is 6.29. The lowest BCUT2D eigenvalue weighted by Gasteiger charge is -2.31. The average molecular weight is 328 g/mol. The van der Waals surface area contributed by atoms with Crippen molar-refractivity contribution in [1.82, 2.24) is 9.88 Å². The molecule has 1 saturated heterocycles. The van der Waals surface area contributed by atoms with Crippen molar-refractivity contribution in [2.45, 2.75) is 18.9 Å². The topological polar surface area (TPSA) is 56.7 Å². The SMILES string of the molecule is CN(C)c1ncc(Br)cc1C(=O)N1CCCC(O)C1. The van der Waals surface area contributed by atoms with Gasteiger partial charge in [0.25, 0.3) is 5.91 Å². The fraction of sp³-hybridized carbons (Fsp3) is 0.538. The molecule has 19 heavy (non-hydrogen) atoms. The van der Waals surface area contributed by atoms with Crippen LogP contribution in [0.4, 0.5) is 5.82 Å². The quantitative estimate of drug-likeness (QED) is 0.894. The van der Waals surface area contributed by atoms with E-state index in [1.165, 1.54) is 0 Å². The highest BCUT2D eigenvalue weighted by atomic mass is 79.9. The van der Waals surface area contributed by atoms with E-state index in [-0.39, 0.29) is 5.91 Å². The van der Waals surface area contributed by atoms with Gasteiger partial charge in [-0.05, 0) is 34.8 Å². The number of halogens is 1. The van der Waals surface area contributed by atoms with Crippen LogP contribution >= 0.6 is 15.9 Å². The summed E-state index contributed by atoms with van der Waals surface area (Å²) in [4.78, 5) is 20.4. The largest absolute Gasteiger partial charge is 0.391 e. The molecule has 0 spiro atoms. The molecule has 2 heterocycles. The van der Waals surface area contributed by atoms with E-state index in [0.29, 0.717) is 24.5 Å². The molecule has 1 aliphatic rings. The maximum absolute atomic E-state index is 12.6. The summed E-state index contributed by atoms with van der Waals surface area (Å²) in [5.74, 6) is 0.574. The van der Waals surface area contributed by atoms with Crippen molar-refractivity contribution in [3.05, 3.63) is 22.3 Å². The normalized spacial score (nSPS) is 19.4. The summed E-state index contributed by atoms with van der Waals surface area (Å²) in [6.07, 6.45) is 2.87. The summed E-state index contributed by atoms with van der Waals surface area (Å²) in [7, 11) is 3.72. The Balaban J connectivity index is 2.29. The van der Waals surface area contributed by atoms with Crippen LogP contribution in [0.15, 0.2) is 16.7 Å². The van der Waals surface area contributed by atoms with E-state index in [1.54, 1.807) is 17.2 Å². The van der Waals surface area contributed by atoms with Crippen molar-refractivity contribution in [3.8, 4) is 0 Å². The average Bonchev–Trinajstić information content (AvgIpc) is 2.37. The Kier molecular flexibility index (Phi) is 4.42. The molecule has 6 heteroatoms. The van der Waals surface area contributed by atoms with Gasteiger partial charge in [-0.3, -0.25) is 4.79 Å². The predicted octanol–water partition coefficient (Wildman–Crippen LogP) is 1.51. The number of β-amino-alcohol motifs (C(OH)–C–C–N with tert-alkyl or cyclic N) is 1. The number of hydrogen-bond acceptors (Lipinski definition) is 4. The Labute approximate surface area is 121 Å². The molecule has 1 aromatic rings. The van der Waals surface area contributed by atoms with E-state index < -0.39 is 6.10 Å². The highest BCUT2D eigenvalue weighted by Gasteiger charge is 2.25. The first-order valence-corrected chi connectivity index (χ1v) is 7.08. The van der Waals surface area contributed by atoms with Gasteiger partial charge in [-0.15, -0.1) is 0 Å². The molecule has 104 valence electrons. The van der Waals surface area contributed by atoms with Crippen molar-refractivity contribution in [3.63, 3.8) is 0 Å². The Morgan fingerprint density at radius 2 is 2.32 bits per heavy atom. The third-order valence-electron chi connectivity index (χ3n) is 3.17. The maximum atomic E-state index is 12.6. The number of anilines is 1. The van der Waals surface area contributed by atoms with Crippen LogP contribution in [-0.2, 0) is 0 Å². The zero-order chi connectivity index (χ0) is 14.0. The molecule has 5 nitrogen and oxygen atoms in total. The molecule has 2 rings (SSSR count). The second-order valence-corrected chi connectivity index (χ2v) is 5.88. The van der Waals surface area contributed by atoms with Crippen LogP contribution in [0.5, 0.6) is 0 Å². The predicted molar refractivity (Wildman–Crippen MR) is 77.4 cm³/mol. The van der Waals surface area contributed by atoms with Crippen molar-refractivity contribution in [1.29, 1.82) is 0 Å². The third-order valence-corrected chi connectivity index (χ3v) is 3.60. The standard InChI is InChI=1S/C13H18BrN3O2/c1-16(2)12-11(6-9(14)7-15-12)13(19)17-5-3-4-10(18)8-17/h6-7,10,18H,3-5,8H2,1-2H3. The van der Waals surface area contributed by atoms with Gasteiger partial charge in [0, 0.05) is 37.9 Å². The van der Waals surface area contributed by atoms with E-state index in [1.807, 2.05) is 19.0 Å². The number of aliphatic hydroxyl groups excluding tert-OH is 1. The number of rotatable bonds is 2. The molecule has 1 N–H and O–H groups in total. The summed E-state index contributed by atoms with van der Waals surface area (Å²) < 4.78 is 0.777. The lowest BCUT2D eigenvalue weighted by atomic mass is 10.1. The number of aromatic nitrogens is 1. The molecule has 1 atom stereocenters. The number of carbonyl (C=O) groups is 1. The smallest absolute Gasteiger partial charge is 0.257 e. The van der Waals surface area contributed by atoms with Gasteiger partial charge in [-0.25, -0.2) is 4.98 Å². The first kappa shape index (κ1) is 14.3. The van der Waals surface area contributed by atoms with Gasteiger partial charge >= 0.3 is 0 Å². The molecule has 0 saturated carbocycles. The van der Waals surface area contributed by atoms with Gasteiger partial charge in [-0.2, -0.15) is 0 Å². The van der Waals surface area contributed by atoms with E-state index in [9.17, 15) is 9.90 Å². The summed E-state index contributed by atoms with van der Waals surface area (Å²) in [6.45, 7) is 1.09. The molecular formula is C13H18BrN3O2. The van der Waals surface area contributed by atoms with Crippen LogP contribution in [-0.4, -0.2) is 54.2 Å². The zero-order valence-electron chi connectivity index (χ0n) is 11.1. The van der Waals surface area contributed by atoms with Gasteiger partial charge < -0.3 is 14.9 Å². The van der Waals surface area contributed by atoms with Crippen LogP contribution in [0.25, 0.3) is 0 Å². The van der Waals surface area contributed by atoms with E-state index >= 15 is 0 Å². The van der Waals surface area contributed by atoms with Crippen molar-refractivity contribution < 1.29 is 9.90 Å². The first-order chi connectivity index (χ1) is 8.99. The van der Waals surface area contributed by atoms with Crippen molar-refractivity contribution in [2.24, 2.45) is 0 Å². The van der Waals surface area contributed by atoms with E-state index in [4.69, 9.17) is 0 Å².